The summed E-state index contributed by atoms with van der Waals surface area (Å²) in [6, 6.07) is 16.4. The maximum absolute atomic E-state index is 13.5. The Balaban J connectivity index is 1.75. The molecule has 2 aromatic carbocycles. The van der Waals surface area contributed by atoms with Gasteiger partial charge in [0.1, 0.15) is 6.54 Å². The second kappa shape index (κ2) is 10.3. The monoisotopic (exact) mass is 460 g/mol. The van der Waals surface area contributed by atoms with E-state index in [1.807, 2.05) is 30.3 Å². The number of aromatic nitrogens is 3. The van der Waals surface area contributed by atoms with Crippen LogP contribution in [0.15, 0.2) is 54.6 Å². The van der Waals surface area contributed by atoms with Crippen molar-refractivity contribution in [1.29, 1.82) is 0 Å². The van der Waals surface area contributed by atoms with Crippen LogP contribution in [-0.2, 0) is 4.79 Å². The van der Waals surface area contributed by atoms with Gasteiger partial charge in [-0.3, -0.25) is 14.4 Å². The summed E-state index contributed by atoms with van der Waals surface area (Å²) in [5.74, 6) is -0.250. The molecule has 3 aromatic rings. The maximum Gasteiger partial charge on any atom is 0.294 e. The zero-order valence-electron chi connectivity index (χ0n) is 19.3. The first-order valence-corrected chi connectivity index (χ1v) is 11.4. The summed E-state index contributed by atoms with van der Waals surface area (Å²) in [7, 11) is 3.14. The van der Waals surface area contributed by atoms with E-state index in [1.165, 1.54) is 0 Å². The van der Waals surface area contributed by atoms with Crippen molar-refractivity contribution in [1.82, 2.24) is 30.3 Å². The fourth-order valence-electron chi connectivity index (χ4n) is 4.20. The van der Waals surface area contributed by atoms with Crippen LogP contribution in [0.25, 0.3) is 17.1 Å². The summed E-state index contributed by atoms with van der Waals surface area (Å²) in [4.78, 5) is 43.8. The molecule has 0 bridgehead atoms. The van der Waals surface area contributed by atoms with Crippen molar-refractivity contribution >= 4 is 17.7 Å². The zero-order chi connectivity index (χ0) is 24.1. The Labute approximate surface area is 198 Å². The molecular formula is C25H28N6O3. The van der Waals surface area contributed by atoms with Gasteiger partial charge in [-0.15, -0.1) is 5.10 Å². The summed E-state index contributed by atoms with van der Waals surface area (Å²) < 4.78 is 1.60. The van der Waals surface area contributed by atoms with Crippen molar-refractivity contribution in [3.8, 4) is 17.1 Å². The summed E-state index contributed by atoms with van der Waals surface area (Å²) in [6.07, 6.45) is 3.76. The first kappa shape index (κ1) is 23.2. The van der Waals surface area contributed by atoms with Crippen molar-refractivity contribution in [2.24, 2.45) is 0 Å². The van der Waals surface area contributed by atoms with E-state index in [0.29, 0.717) is 17.1 Å². The van der Waals surface area contributed by atoms with E-state index in [-0.39, 0.29) is 36.1 Å². The Bertz CT molecular complexity index is 1170. The number of rotatable bonds is 7. The molecule has 1 saturated carbocycles. The number of nitrogens with zero attached hydrogens (tertiary/aromatic N) is 4. The van der Waals surface area contributed by atoms with Gasteiger partial charge < -0.3 is 15.5 Å². The summed E-state index contributed by atoms with van der Waals surface area (Å²) in [6.45, 7) is -0.0317. The average molecular weight is 461 g/mol. The minimum Gasteiger partial charge on any atom is -0.358 e. The quantitative estimate of drug-likeness (QED) is 0.563. The molecule has 0 spiro atoms. The molecule has 9 heteroatoms. The molecule has 0 unspecified atom stereocenters. The fourth-order valence-corrected chi connectivity index (χ4v) is 4.20. The van der Waals surface area contributed by atoms with Crippen LogP contribution in [0.1, 0.15) is 46.7 Å². The second-order valence-corrected chi connectivity index (χ2v) is 8.21. The molecule has 0 radical (unpaired) electrons. The first-order valence-electron chi connectivity index (χ1n) is 11.4. The Morgan fingerprint density at radius 2 is 1.65 bits per heavy atom. The highest BCUT2D eigenvalue weighted by Gasteiger charge is 2.32. The van der Waals surface area contributed by atoms with E-state index >= 15 is 0 Å². The highest BCUT2D eigenvalue weighted by molar-refractivity contribution is 5.95. The lowest BCUT2D eigenvalue weighted by atomic mass is 10.2. The molecule has 9 nitrogen and oxygen atoms in total. The van der Waals surface area contributed by atoms with Crippen LogP contribution in [-0.4, -0.2) is 64.1 Å². The molecule has 0 aliphatic heterocycles. The highest BCUT2D eigenvalue weighted by Crippen LogP contribution is 2.26. The topological polar surface area (TPSA) is 109 Å². The molecule has 1 fully saturated rings. The molecule has 4 rings (SSSR count). The van der Waals surface area contributed by atoms with Crippen molar-refractivity contribution < 1.29 is 14.4 Å². The van der Waals surface area contributed by atoms with Crippen LogP contribution in [0.3, 0.4) is 0 Å². The van der Waals surface area contributed by atoms with E-state index in [4.69, 9.17) is 0 Å². The molecule has 2 N–H and O–H groups in total. The zero-order valence-corrected chi connectivity index (χ0v) is 19.3. The molecule has 3 amide bonds. The van der Waals surface area contributed by atoms with Crippen LogP contribution < -0.4 is 10.6 Å². The van der Waals surface area contributed by atoms with E-state index < -0.39 is 0 Å². The lowest BCUT2D eigenvalue weighted by Crippen LogP contribution is -2.45. The normalized spacial score (nSPS) is 13.5. The van der Waals surface area contributed by atoms with Gasteiger partial charge in [-0.25, -0.2) is 9.67 Å². The van der Waals surface area contributed by atoms with E-state index in [2.05, 4.69) is 20.7 Å². The third kappa shape index (κ3) is 4.83. The SMILES string of the molecule is CNC(=O)CN(C(=O)c1nc(-c2ccccc2)n(-c2ccc(C(=O)NC)cc2)n1)C1CCCC1. The van der Waals surface area contributed by atoms with Crippen LogP contribution in [0.2, 0.25) is 0 Å². The van der Waals surface area contributed by atoms with Gasteiger partial charge in [-0.2, -0.15) is 0 Å². The van der Waals surface area contributed by atoms with Crippen molar-refractivity contribution in [2.45, 2.75) is 31.7 Å². The number of hydrogen-bond acceptors (Lipinski definition) is 5. The number of carbonyl (C=O) groups excluding carboxylic acids is 3. The lowest BCUT2D eigenvalue weighted by molar-refractivity contribution is -0.121. The molecule has 1 heterocycles. The van der Waals surface area contributed by atoms with Gasteiger partial charge >= 0.3 is 0 Å². The Morgan fingerprint density at radius 3 is 2.26 bits per heavy atom. The van der Waals surface area contributed by atoms with Crippen molar-refractivity contribution in [2.75, 3.05) is 20.6 Å². The molecule has 34 heavy (non-hydrogen) atoms. The highest BCUT2D eigenvalue weighted by atomic mass is 16.2. The third-order valence-electron chi connectivity index (χ3n) is 6.05. The predicted molar refractivity (Wildman–Crippen MR) is 128 cm³/mol. The van der Waals surface area contributed by atoms with Gasteiger partial charge in [0.2, 0.25) is 11.7 Å². The minimum atomic E-state index is -0.367. The predicted octanol–water partition coefficient (Wildman–Crippen LogP) is 2.42. The largest absolute Gasteiger partial charge is 0.358 e. The van der Waals surface area contributed by atoms with Gasteiger partial charge in [0.05, 0.1) is 5.69 Å². The first-order chi connectivity index (χ1) is 16.5. The number of amides is 3. The van der Waals surface area contributed by atoms with Crippen molar-refractivity contribution in [3.63, 3.8) is 0 Å². The van der Waals surface area contributed by atoms with Crippen LogP contribution in [0.5, 0.6) is 0 Å². The molecule has 176 valence electrons. The third-order valence-corrected chi connectivity index (χ3v) is 6.05. The van der Waals surface area contributed by atoms with E-state index in [9.17, 15) is 14.4 Å². The number of hydrogen-bond donors (Lipinski definition) is 2. The van der Waals surface area contributed by atoms with E-state index in [1.54, 1.807) is 47.9 Å². The summed E-state index contributed by atoms with van der Waals surface area (Å²) in [5, 5.41) is 9.76. The number of likely N-dealkylation sites (N-methyl/N-ethyl adjacent to an activating group) is 1. The van der Waals surface area contributed by atoms with Gasteiger partial charge in [-0.05, 0) is 37.1 Å². The Kier molecular flexibility index (Phi) is 7.01. The average Bonchev–Trinajstić information content (AvgIpc) is 3.57. The number of nitrogens with one attached hydrogen (secondary N) is 2. The van der Waals surface area contributed by atoms with Gasteiger partial charge in [0.25, 0.3) is 11.8 Å². The molecule has 1 aliphatic rings. The van der Waals surface area contributed by atoms with Crippen LogP contribution in [0.4, 0.5) is 0 Å². The molecule has 1 aliphatic carbocycles. The second-order valence-electron chi connectivity index (χ2n) is 8.21. The molecule has 0 atom stereocenters. The van der Waals surface area contributed by atoms with Crippen LogP contribution in [0, 0.1) is 0 Å². The van der Waals surface area contributed by atoms with Gasteiger partial charge in [-0.1, -0.05) is 43.2 Å². The van der Waals surface area contributed by atoms with Crippen LogP contribution >= 0.6 is 0 Å². The standard InChI is InChI=1S/C25H28N6O3/c1-26-21(32)16-30(19-10-6-7-11-19)25(34)22-28-23(17-8-4-3-5-9-17)31(29-22)20-14-12-18(13-15-20)24(33)27-2/h3-5,8-9,12-15,19H,6-7,10-11,16H2,1-2H3,(H,26,32)(H,27,33). The van der Waals surface area contributed by atoms with Gasteiger partial charge in [0, 0.05) is 31.3 Å². The Morgan fingerprint density at radius 1 is 0.971 bits per heavy atom. The lowest BCUT2D eigenvalue weighted by Gasteiger charge is -2.27. The minimum absolute atomic E-state index is 0.0104. The number of carbonyl (C=O) groups is 3. The maximum atomic E-state index is 13.5. The Hall–Kier alpha value is -4.01. The summed E-state index contributed by atoms with van der Waals surface area (Å²) in [5.41, 5.74) is 1.97. The fraction of sp³-hybridized carbons (Fsp3) is 0.320. The smallest absolute Gasteiger partial charge is 0.294 e. The summed E-state index contributed by atoms with van der Waals surface area (Å²) >= 11 is 0. The van der Waals surface area contributed by atoms with Gasteiger partial charge in [0.15, 0.2) is 5.82 Å². The number of benzene rings is 2. The molecular weight excluding hydrogens is 432 g/mol. The molecule has 0 saturated heterocycles. The molecule has 1 aromatic heterocycles. The van der Waals surface area contributed by atoms with Crippen molar-refractivity contribution in [3.05, 3.63) is 66.0 Å². The van der Waals surface area contributed by atoms with E-state index in [0.717, 1.165) is 31.2 Å².